The maximum atomic E-state index is 3.49. The molecule has 0 bridgehead atoms. The Hall–Kier alpha value is -0.560. The molecule has 0 unspecified atom stereocenters. The van der Waals surface area contributed by atoms with Gasteiger partial charge in [-0.15, -0.1) is 0 Å². The highest BCUT2D eigenvalue weighted by molar-refractivity contribution is 5.31. The van der Waals surface area contributed by atoms with Gasteiger partial charge in [0, 0.05) is 6.54 Å². The van der Waals surface area contributed by atoms with Gasteiger partial charge in [0.05, 0.1) is 0 Å². The van der Waals surface area contributed by atoms with E-state index in [0.29, 0.717) is 0 Å². The molecule has 0 heterocycles. The van der Waals surface area contributed by atoms with E-state index in [1.807, 2.05) is 0 Å². The first-order valence-corrected chi connectivity index (χ1v) is 6.13. The van der Waals surface area contributed by atoms with Gasteiger partial charge in [-0.3, -0.25) is 0 Å². The summed E-state index contributed by atoms with van der Waals surface area (Å²) in [6.07, 6.45) is 6.11. The number of unbranched alkanes of at least 4 members (excludes halogenated alkanes) is 2. The summed E-state index contributed by atoms with van der Waals surface area (Å²) >= 11 is 0. The Balaban J connectivity index is 3.86. The summed E-state index contributed by atoms with van der Waals surface area (Å²) in [7, 11) is 0. The first-order valence-electron chi connectivity index (χ1n) is 6.13. The average Bonchev–Trinajstić information content (AvgIpc) is 2.26. The molecule has 0 aliphatic heterocycles. The van der Waals surface area contributed by atoms with Crippen molar-refractivity contribution in [3.05, 3.63) is 22.8 Å². The number of nitrogens with one attached hydrogen (secondary N) is 1. The predicted molar refractivity (Wildman–Crippen MR) is 70.2 cm³/mol. The highest BCUT2D eigenvalue weighted by Gasteiger charge is 1.98. The SMILES string of the molecule is C/C=C(C)\C(C)=C(/C)CNCCCCC. The van der Waals surface area contributed by atoms with Crippen molar-refractivity contribution in [2.24, 2.45) is 0 Å². The zero-order valence-electron chi connectivity index (χ0n) is 11.1. The fourth-order valence-corrected chi connectivity index (χ4v) is 1.46. The van der Waals surface area contributed by atoms with Gasteiger partial charge in [-0.2, -0.15) is 0 Å². The van der Waals surface area contributed by atoms with Crippen LogP contribution in [0.15, 0.2) is 22.8 Å². The van der Waals surface area contributed by atoms with Crippen LogP contribution in [0.1, 0.15) is 53.9 Å². The molecule has 15 heavy (non-hydrogen) atoms. The summed E-state index contributed by atoms with van der Waals surface area (Å²) in [6, 6.07) is 0. The standard InChI is InChI=1S/C14H27N/c1-6-8-9-10-15-11-13(4)14(5)12(3)7-2/h7,15H,6,8-11H2,1-5H3/b12-7-,14-13+. The van der Waals surface area contributed by atoms with E-state index < -0.39 is 0 Å². The molecule has 0 fully saturated rings. The monoisotopic (exact) mass is 209 g/mol. The van der Waals surface area contributed by atoms with Gasteiger partial charge in [-0.1, -0.05) is 37.0 Å². The van der Waals surface area contributed by atoms with Gasteiger partial charge in [0.15, 0.2) is 0 Å². The topological polar surface area (TPSA) is 12.0 Å². The van der Waals surface area contributed by atoms with Crippen LogP contribution in [0.4, 0.5) is 0 Å². The molecule has 0 aromatic heterocycles. The smallest absolute Gasteiger partial charge is 0.0167 e. The van der Waals surface area contributed by atoms with Gasteiger partial charge in [-0.05, 0) is 46.2 Å². The van der Waals surface area contributed by atoms with Crippen LogP contribution in [0.5, 0.6) is 0 Å². The van der Waals surface area contributed by atoms with Crippen LogP contribution >= 0.6 is 0 Å². The minimum absolute atomic E-state index is 1.03. The molecule has 1 heteroatoms. The molecule has 0 atom stereocenters. The van der Waals surface area contributed by atoms with Gasteiger partial charge in [-0.25, -0.2) is 0 Å². The lowest BCUT2D eigenvalue weighted by molar-refractivity contribution is 0.638. The molecule has 0 saturated carbocycles. The molecule has 0 radical (unpaired) electrons. The third-order valence-electron chi connectivity index (χ3n) is 3.01. The highest BCUT2D eigenvalue weighted by atomic mass is 14.8. The molecule has 0 aromatic carbocycles. The fraction of sp³-hybridized carbons (Fsp3) is 0.714. The average molecular weight is 209 g/mol. The number of rotatable bonds is 7. The summed E-state index contributed by atoms with van der Waals surface area (Å²) in [5.41, 5.74) is 4.28. The van der Waals surface area contributed by atoms with Gasteiger partial charge in [0.25, 0.3) is 0 Å². The lowest BCUT2D eigenvalue weighted by Crippen LogP contribution is -2.18. The zero-order chi connectivity index (χ0) is 11.7. The van der Waals surface area contributed by atoms with Crippen LogP contribution in [0.3, 0.4) is 0 Å². The van der Waals surface area contributed by atoms with E-state index in [1.54, 1.807) is 0 Å². The maximum Gasteiger partial charge on any atom is 0.0167 e. The molecule has 1 nitrogen and oxygen atoms in total. The number of allylic oxidation sites excluding steroid dienone is 3. The van der Waals surface area contributed by atoms with Crippen molar-refractivity contribution >= 4 is 0 Å². The third kappa shape index (κ3) is 6.51. The van der Waals surface area contributed by atoms with Crippen molar-refractivity contribution in [3.63, 3.8) is 0 Å². The van der Waals surface area contributed by atoms with E-state index in [0.717, 1.165) is 13.1 Å². The van der Waals surface area contributed by atoms with Crippen molar-refractivity contribution in [1.29, 1.82) is 0 Å². The molecule has 1 N–H and O–H groups in total. The van der Waals surface area contributed by atoms with Crippen molar-refractivity contribution in [1.82, 2.24) is 5.32 Å². The molecule has 0 aliphatic rings. The second-order valence-corrected chi connectivity index (χ2v) is 4.26. The quantitative estimate of drug-likeness (QED) is 0.492. The number of hydrogen-bond donors (Lipinski definition) is 1. The van der Waals surface area contributed by atoms with Crippen molar-refractivity contribution < 1.29 is 0 Å². The molecule has 0 rings (SSSR count). The summed E-state index contributed by atoms with van der Waals surface area (Å²) in [6.45, 7) is 13.1. The number of hydrogen-bond acceptors (Lipinski definition) is 1. The predicted octanol–water partition coefficient (Wildman–Crippen LogP) is 4.07. The third-order valence-corrected chi connectivity index (χ3v) is 3.01. The largest absolute Gasteiger partial charge is 0.313 e. The van der Waals surface area contributed by atoms with Gasteiger partial charge < -0.3 is 5.32 Å². The van der Waals surface area contributed by atoms with E-state index in [4.69, 9.17) is 0 Å². The second kappa shape index (κ2) is 8.72. The van der Waals surface area contributed by atoms with Gasteiger partial charge in [0.1, 0.15) is 0 Å². The van der Waals surface area contributed by atoms with Crippen LogP contribution < -0.4 is 5.32 Å². The lowest BCUT2D eigenvalue weighted by atomic mass is 10.0. The maximum absolute atomic E-state index is 3.49. The molecule has 0 saturated heterocycles. The molecule has 0 aliphatic carbocycles. The zero-order valence-corrected chi connectivity index (χ0v) is 11.1. The minimum Gasteiger partial charge on any atom is -0.313 e. The van der Waals surface area contributed by atoms with E-state index in [1.165, 1.54) is 36.0 Å². The molecule has 0 aromatic rings. The van der Waals surface area contributed by atoms with Crippen molar-refractivity contribution in [3.8, 4) is 0 Å². The summed E-state index contributed by atoms with van der Waals surface area (Å²) in [5, 5.41) is 3.49. The first kappa shape index (κ1) is 14.4. The van der Waals surface area contributed by atoms with Gasteiger partial charge >= 0.3 is 0 Å². The van der Waals surface area contributed by atoms with Crippen LogP contribution in [0.2, 0.25) is 0 Å². The van der Waals surface area contributed by atoms with Crippen LogP contribution in [-0.2, 0) is 0 Å². The normalized spacial score (nSPS) is 14.1. The Labute approximate surface area is 95.7 Å². The molecular formula is C14H27N. The molecule has 0 spiro atoms. The Morgan fingerprint density at radius 2 is 1.80 bits per heavy atom. The first-order chi connectivity index (χ1) is 7.13. The Bertz CT molecular complexity index is 223. The lowest BCUT2D eigenvalue weighted by Gasteiger charge is -2.09. The van der Waals surface area contributed by atoms with Crippen LogP contribution in [-0.4, -0.2) is 13.1 Å². The summed E-state index contributed by atoms with van der Waals surface area (Å²) in [4.78, 5) is 0. The van der Waals surface area contributed by atoms with Crippen LogP contribution in [0, 0.1) is 0 Å². The Kier molecular flexibility index (Phi) is 8.40. The van der Waals surface area contributed by atoms with Gasteiger partial charge in [0.2, 0.25) is 0 Å². The Morgan fingerprint density at radius 3 is 2.33 bits per heavy atom. The summed E-state index contributed by atoms with van der Waals surface area (Å²) < 4.78 is 0. The van der Waals surface area contributed by atoms with E-state index in [2.05, 4.69) is 46.0 Å². The molecular weight excluding hydrogens is 182 g/mol. The van der Waals surface area contributed by atoms with E-state index in [9.17, 15) is 0 Å². The summed E-state index contributed by atoms with van der Waals surface area (Å²) in [5.74, 6) is 0. The molecule has 0 amide bonds. The van der Waals surface area contributed by atoms with Crippen molar-refractivity contribution in [2.75, 3.05) is 13.1 Å². The fourth-order valence-electron chi connectivity index (χ4n) is 1.46. The molecule has 88 valence electrons. The van der Waals surface area contributed by atoms with E-state index in [-0.39, 0.29) is 0 Å². The van der Waals surface area contributed by atoms with E-state index >= 15 is 0 Å². The minimum atomic E-state index is 1.03. The van der Waals surface area contributed by atoms with Crippen molar-refractivity contribution in [2.45, 2.75) is 53.9 Å². The van der Waals surface area contributed by atoms with Crippen LogP contribution in [0.25, 0.3) is 0 Å². The highest BCUT2D eigenvalue weighted by Crippen LogP contribution is 2.12. The second-order valence-electron chi connectivity index (χ2n) is 4.26. The Morgan fingerprint density at radius 1 is 1.13 bits per heavy atom.